The van der Waals surface area contributed by atoms with E-state index < -0.39 is 0 Å². The zero-order chi connectivity index (χ0) is 13.1. The minimum Gasteiger partial charge on any atom is -0.366 e. The Morgan fingerprint density at radius 2 is 1.95 bits per heavy atom. The average Bonchev–Trinajstić information content (AvgIpc) is 2.92. The van der Waals surface area contributed by atoms with Crippen molar-refractivity contribution in [2.45, 2.75) is 38.6 Å². The van der Waals surface area contributed by atoms with Gasteiger partial charge in [0.2, 0.25) is 0 Å². The van der Waals surface area contributed by atoms with E-state index in [4.69, 9.17) is 0 Å². The highest BCUT2D eigenvalue weighted by Crippen LogP contribution is 2.22. The smallest absolute Gasteiger partial charge is 0.148 e. The maximum absolute atomic E-state index is 4.28. The predicted molar refractivity (Wildman–Crippen MR) is 75.9 cm³/mol. The Bertz CT molecular complexity index is 544. The van der Waals surface area contributed by atoms with Gasteiger partial charge in [-0.3, -0.25) is 4.98 Å². The van der Waals surface area contributed by atoms with Crippen LogP contribution < -0.4 is 5.32 Å². The Morgan fingerprint density at radius 1 is 1.11 bits per heavy atom. The van der Waals surface area contributed by atoms with E-state index in [-0.39, 0.29) is 0 Å². The molecule has 0 aliphatic heterocycles. The van der Waals surface area contributed by atoms with Gasteiger partial charge < -0.3 is 5.32 Å². The lowest BCUT2D eigenvalue weighted by molar-refractivity contribution is 0.746. The summed E-state index contributed by atoms with van der Waals surface area (Å²) in [4.78, 5) is 4.18. The lowest BCUT2D eigenvalue weighted by Crippen LogP contribution is -2.15. The van der Waals surface area contributed by atoms with Crippen LogP contribution in [0.5, 0.6) is 0 Å². The summed E-state index contributed by atoms with van der Waals surface area (Å²) in [5, 5.41) is 12.0. The van der Waals surface area contributed by atoms with Gasteiger partial charge in [-0.2, -0.15) is 0 Å². The second-order valence-electron chi connectivity index (χ2n) is 5.18. The van der Waals surface area contributed by atoms with Crippen LogP contribution in [0.1, 0.15) is 31.2 Å². The molecule has 4 nitrogen and oxygen atoms in total. The minimum absolute atomic E-state index is 0.570. The van der Waals surface area contributed by atoms with E-state index in [1.165, 1.54) is 25.7 Å². The molecule has 4 heteroatoms. The average molecular weight is 254 g/mol. The summed E-state index contributed by atoms with van der Waals surface area (Å²) in [6.07, 6.45) is 8.78. The Balaban J connectivity index is 1.74. The van der Waals surface area contributed by atoms with Gasteiger partial charge in [0.1, 0.15) is 5.82 Å². The molecular formula is C15H18N4. The van der Waals surface area contributed by atoms with Crippen LogP contribution in [0.2, 0.25) is 0 Å². The van der Waals surface area contributed by atoms with E-state index in [0.717, 1.165) is 22.6 Å². The summed E-state index contributed by atoms with van der Waals surface area (Å²) in [7, 11) is 0. The van der Waals surface area contributed by atoms with Crippen LogP contribution in [0, 0.1) is 6.92 Å². The molecule has 0 bridgehead atoms. The zero-order valence-electron chi connectivity index (χ0n) is 11.1. The third-order valence-electron chi connectivity index (χ3n) is 3.54. The lowest BCUT2D eigenvalue weighted by atomic mass is 10.1. The van der Waals surface area contributed by atoms with Crippen LogP contribution >= 0.6 is 0 Å². The summed E-state index contributed by atoms with van der Waals surface area (Å²) >= 11 is 0. The summed E-state index contributed by atoms with van der Waals surface area (Å²) in [6, 6.07) is 6.64. The summed E-state index contributed by atoms with van der Waals surface area (Å²) in [5.74, 6) is 0.872. The van der Waals surface area contributed by atoms with Crippen LogP contribution in [-0.4, -0.2) is 21.2 Å². The topological polar surface area (TPSA) is 50.7 Å². The molecule has 0 saturated heterocycles. The number of pyridine rings is 1. The van der Waals surface area contributed by atoms with Gasteiger partial charge in [0.15, 0.2) is 0 Å². The number of aryl methyl sites for hydroxylation is 1. The SMILES string of the molecule is Cc1cncc(-c2ccc(NC3CCCC3)nn2)c1. The summed E-state index contributed by atoms with van der Waals surface area (Å²) < 4.78 is 0. The first-order valence-corrected chi connectivity index (χ1v) is 6.83. The normalized spacial score (nSPS) is 15.6. The summed E-state index contributed by atoms with van der Waals surface area (Å²) in [5.41, 5.74) is 3.01. The third kappa shape index (κ3) is 2.89. The van der Waals surface area contributed by atoms with Crippen LogP contribution in [0.25, 0.3) is 11.3 Å². The Hall–Kier alpha value is -1.97. The van der Waals surface area contributed by atoms with Gasteiger partial charge in [-0.25, -0.2) is 0 Å². The van der Waals surface area contributed by atoms with Crippen LogP contribution in [-0.2, 0) is 0 Å². The van der Waals surface area contributed by atoms with Crippen molar-refractivity contribution in [2.24, 2.45) is 0 Å². The molecule has 0 amide bonds. The van der Waals surface area contributed by atoms with E-state index in [9.17, 15) is 0 Å². The molecule has 0 aromatic carbocycles. The molecule has 2 aromatic heterocycles. The number of aromatic nitrogens is 3. The quantitative estimate of drug-likeness (QED) is 0.913. The molecule has 2 aromatic rings. The molecule has 0 radical (unpaired) electrons. The van der Waals surface area contributed by atoms with Crippen molar-refractivity contribution in [3.63, 3.8) is 0 Å². The molecule has 0 spiro atoms. The molecule has 0 atom stereocenters. The van der Waals surface area contributed by atoms with Crippen molar-refractivity contribution in [1.82, 2.24) is 15.2 Å². The minimum atomic E-state index is 0.570. The van der Waals surface area contributed by atoms with Gasteiger partial charge in [0.25, 0.3) is 0 Å². The van der Waals surface area contributed by atoms with Crippen molar-refractivity contribution in [1.29, 1.82) is 0 Å². The fraction of sp³-hybridized carbons (Fsp3) is 0.400. The van der Waals surface area contributed by atoms with Crippen molar-refractivity contribution in [2.75, 3.05) is 5.32 Å². The molecular weight excluding hydrogens is 236 g/mol. The van der Waals surface area contributed by atoms with Crippen molar-refractivity contribution in [3.8, 4) is 11.3 Å². The number of rotatable bonds is 3. The second-order valence-corrected chi connectivity index (χ2v) is 5.18. The van der Waals surface area contributed by atoms with Crippen molar-refractivity contribution in [3.05, 3.63) is 36.2 Å². The molecule has 0 unspecified atom stereocenters. The molecule has 1 aliphatic rings. The van der Waals surface area contributed by atoms with Crippen LogP contribution in [0.4, 0.5) is 5.82 Å². The Kier molecular flexibility index (Phi) is 3.40. The van der Waals surface area contributed by atoms with Crippen molar-refractivity contribution >= 4 is 5.82 Å². The highest BCUT2D eigenvalue weighted by Gasteiger charge is 2.15. The van der Waals surface area contributed by atoms with Gasteiger partial charge in [0, 0.05) is 24.0 Å². The maximum atomic E-state index is 4.28. The van der Waals surface area contributed by atoms with Gasteiger partial charge >= 0.3 is 0 Å². The maximum Gasteiger partial charge on any atom is 0.148 e. The number of hydrogen-bond acceptors (Lipinski definition) is 4. The number of anilines is 1. The van der Waals surface area contributed by atoms with Gasteiger partial charge in [-0.15, -0.1) is 10.2 Å². The highest BCUT2D eigenvalue weighted by atomic mass is 15.2. The third-order valence-corrected chi connectivity index (χ3v) is 3.54. The molecule has 1 N–H and O–H groups in total. The molecule has 3 rings (SSSR count). The molecule has 1 saturated carbocycles. The van der Waals surface area contributed by atoms with E-state index in [0.29, 0.717) is 6.04 Å². The second kappa shape index (κ2) is 5.34. The molecule has 98 valence electrons. The fourth-order valence-corrected chi connectivity index (χ4v) is 2.54. The number of nitrogens with one attached hydrogen (secondary N) is 1. The van der Waals surface area contributed by atoms with Crippen LogP contribution in [0.15, 0.2) is 30.6 Å². The zero-order valence-corrected chi connectivity index (χ0v) is 11.1. The molecule has 19 heavy (non-hydrogen) atoms. The first-order chi connectivity index (χ1) is 9.31. The lowest BCUT2D eigenvalue weighted by Gasteiger charge is -2.11. The predicted octanol–water partition coefficient (Wildman–Crippen LogP) is 3.20. The van der Waals surface area contributed by atoms with Crippen molar-refractivity contribution < 1.29 is 0 Å². The fourth-order valence-electron chi connectivity index (χ4n) is 2.54. The standard InChI is InChI=1S/C15H18N4/c1-11-8-12(10-16-9-11)14-6-7-15(19-18-14)17-13-4-2-3-5-13/h6-10,13H,2-5H2,1H3,(H,17,19). The number of nitrogens with zero attached hydrogens (tertiary/aromatic N) is 3. The van der Waals surface area contributed by atoms with E-state index in [1.54, 1.807) is 0 Å². The molecule has 1 fully saturated rings. The van der Waals surface area contributed by atoms with E-state index >= 15 is 0 Å². The number of hydrogen-bond donors (Lipinski definition) is 1. The largest absolute Gasteiger partial charge is 0.366 e. The van der Waals surface area contributed by atoms with Crippen LogP contribution in [0.3, 0.4) is 0 Å². The van der Waals surface area contributed by atoms with Gasteiger partial charge in [-0.1, -0.05) is 12.8 Å². The Morgan fingerprint density at radius 3 is 2.63 bits per heavy atom. The monoisotopic (exact) mass is 254 g/mol. The summed E-state index contributed by atoms with van der Waals surface area (Å²) in [6.45, 7) is 2.03. The first kappa shape index (κ1) is 12.1. The first-order valence-electron chi connectivity index (χ1n) is 6.83. The Labute approximate surface area is 113 Å². The van der Waals surface area contributed by atoms with Gasteiger partial charge in [-0.05, 0) is 43.5 Å². The molecule has 1 aliphatic carbocycles. The van der Waals surface area contributed by atoms with E-state index in [2.05, 4.69) is 26.6 Å². The molecule has 2 heterocycles. The van der Waals surface area contributed by atoms with E-state index in [1.807, 2.05) is 31.5 Å². The van der Waals surface area contributed by atoms with Gasteiger partial charge in [0.05, 0.1) is 5.69 Å². The highest BCUT2D eigenvalue weighted by molar-refractivity contribution is 5.59.